The highest BCUT2D eigenvalue weighted by atomic mass is 79.9. The first-order valence-corrected chi connectivity index (χ1v) is 10.9. The summed E-state index contributed by atoms with van der Waals surface area (Å²) in [4.78, 5) is 24.2. The molecule has 2 rings (SSSR count). The molecule has 0 fully saturated rings. The number of hydrogen-bond acceptors (Lipinski definition) is 7. The highest BCUT2D eigenvalue weighted by Gasteiger charge is 2.12. The van der Waals surface area contributed by atoms with E-state index in [1.807, 2.05) is 19.1 Å². The molecule has 0 aromatic heterocycles. The molecule has 0 unspecified atom stereocenters. The van der Waals surface area contributed by atoms with E-state index in [-0.39, 0.29) is 18.3 Å². The van der Waals surface area contributed by atoms with E-state index in [1.165, 1.54) is 25.1 Å². The van der Waals surface area contributed by atoms with Crippen molar-refractivity contribution in [2.45, 2.75) is 11.8 Å². The number of carbonyl (C=O) groups excluding carboxylic acids is 2. The predicted octanol–water partition coefficient (Wildman–Crippen LogP) is 4.30. The third-order valence-electron chi connectivity index (χ3n) is 3.51. The molecule has 2 aromatic carbocycles. The normalized spacial score (nSPS) is 10.7. The van der Waals surface area contributed by atoms with Crippen molar-refractivity contribution in [3.8, 4) is 11.5 Å². The van der Waals surface area contributed by atoms with Gasteiger partial charge in [-0.3, -0.25) is 4.79 Å². The van der Waals surface area contributed by atoms with Crippen molar-refractivity contribution in [2.24, 2.45) is 5.10 Å². The number of halogens is 2. The van der Waals surface area contributed by atoms with E-state index in [2.05, 4.69) is 31.2 Å². The monoisotopic (exact) mass is 514 g/mol. The highest BCUT2D eigenvalue weighted by Crippen LogP contribution is 2.33. The van der Waals surface area contributed by atoms with Gasteiger partial charge in [-0.2, -0.15) is 5.10 Å². The number of benzene rings is 2. The summed E-state index contributed by atoms with van der Waals surface area (Å²) in [5.41, 5.74) is 3.14. The first-order valence-electron chi connectivity index (χ1n) is 8.79. The first kappa shape index (κ1) is 24.0. The first-order chi connectivity index (χ1) is 14.4. The van der Waals surface area contributed by atoms with Crippen LogP contribution in [0.15, 0.2) is 50.9 Å². The fourth-order valence-corrected chi connectivity index (χ4v) is 3.35. The van der Waals surface area contributed by atoms with Crippen molar-refractivity contribution in [2.75, 3.05) is 26.1 Å². The number of thioether (sulfide) groups is 1. The van der Waals surface area contributed by atoms with Crippen molar-refractivity contribution < 1.29 is 23.8 Å². The lowest BCUT2D eigenvalue weighted by Gasteiger charge is -2.13. The van der Waals surface area contributed by atoms with Gasteiger partial charge >= 0.3 is 5.97 Å². The third kappa shape index (κ3) is 7.89. The van der Waals surface area contributed by atoms with E-state index in [4.69, 9.17) is 21.1 Å². The van der Waals surface area contributed by atoms with Crippen LogP contribution in [0.3, 0.4) is 0 Å². The molecule has 0 saturated heterocycles. The Morgan fingerprint density at radius 2 is 1.90 bits per heavy atom. The topological polar surface area (TPSA) is 86.2 Å². The maximum absolute atomic E-state index is 12.0. The maximum Gasteiger partial charge on any atom is 0.343 e. The molecule has 0 spiro atoms. The van der Waals surface area contributed by atoms with Gasteiger partial charge in [0.25, 0.3) is 0 Å². The van der Waals surface area contributed by atoms with Gasteiger partial charge in [-0.15, -0.1) is 11.8 Å². The van der Waals surface area contributed by atoms with E-state index < -0.39 is 5.97 Å². The van der Waals surface area contributed by atoms with Gasteiger partial charge in [0.2, 0.25) is 5.91 Å². The quantitative estimate of drug-likeness (QED) is 0.220. The van der Waals surface area contributed by atoms with E-state index in [0.29, 0.717) is 33.2 Å². The Morgan fingerprint density at radius 3 is 2.57 bits per heavy atom. The predicted molar refractivity (Wildman–Crippen MR) is 121 cm³/mol. The second-order valence-electron chi connectivity index (χ2n) is 5.65. The molecule has 30 heavy (non-hydrogen) atoms. The Morgan fingerprint density at radius 1 is 1.20 bits per heavy atom. The molecule has 0 aliphatic carbocycles. The molecule has 0 saturated carbocycles. The van der Waals surface area contributed by atoms with Gasteiger partial charge in [0.1, 0.15) is 0 Å². The zero-order chi connectivity index (χ0) is 21.9. The number of nitrogens with zero attached hydrogens (tertiary/aromatic N) is 1. The molecule has 0 radical (unpaired) electrons. The number of ether oxygens (including phenoxy) is 3. The lowest BCUT2D eigenvalue weighted by molar-refractivity contribution is -0.142. The molecule has 10 heteroatoms. The Bertz CT molecular complexity index is 909. The van der Waals surface area contributed by atoms with Gasteiger partial charge in [0.15, 0.2) is 18.1 Å². The van der Waals surface area contributed by atoms with Crippen molar-refractivity contribution in [1.82, 2.24) is 5.43 Å². The lowest BCUT2D eigenvalue weighted by atomic mass is 10.2. The average Bonchev–Trinajstić information content (AvgIpc) is 2.74. The third-order valence-corrected chi connectivity index (χ3v) is 5.46. The minimum atomic E-state index is -0.501. The number of carbonyl (C=O) groups is 2. The van der Waals surface area contributed by atoms with Crippen LogP contribution in [-0.2, 0) is 14.3 Å². The number of rotatable bonds is 10. The summed E-state index contributed by atoms with van der Waals surface area (Å²) in [7, 11) is 1.28. The average molecular weight is 516 g/mol. The van der Waals surface area contributed by atoms with Gasteiger partial charge in [-0.1, -0.05) is 11.6 Å². The van der Waals surface area contributed by atoms with Crippen LogP contribution in [0, 0.1) is 0 Å². The number of hydrazone groups is 1. The van der Waals surface area contributed by atoms with Crippen LogP contribution in [0.1, 0.15) is 12.5 Å². The molecule has 7 nitrogen and oxygen atoms in total. The second-order valence-corrected chi connectivity index (χ2v) is 7.99. The van der Waals surface area contributed by atoms with E-state index in [0.717, 1.165) is 4.90 Å². The molecule has 0 atom stereocenters. The van der Waals surface area contributed by atoms with Gasteiger partial charge in [0.05, 0.1) is 25.7 Å². The van der Waals surface area contributed by atoms with Gasteiger partial charge in [-0.25, -0.2) is 10.2 Å². The maximum atomic E-state index is 12.0. The van der Waals surface area contributed by atoms with Crippen LogP contribution in [0.2, 0.25) is 5.02 Å². The van der Waals surface area contributed by atoms with Crippen LogP contribution >= 0.6 is 39.3 Å². The van der Waals surface area contributed by atoms with E-state index >= 15 is 0 Å². The Hall–Kier alpha value is -2.23. The molecule has 1 amide bonds. The fourth-order valence-electron chi connectivity index (χ4n) is 2.11. The summed E-state index contributed by atoms with van der Waals surface area (Å²) in [6, 6.07) is 10.6. The van der Waals surface area contributed by atoms with Crippen LogP contribution < -0.4 is 14.9 Å². The SMILES string of the molecule is CCOc1cc(/C=N\NC(=O)CSc2ccc(Cl)cc2)c(Br)cc1OCC(=O)OC. The lowest BCUT2D eigenvalue weighted by Crippen LogP contribution is -2.19. The summed E-state index contributed by atoms with van der Waals surface area (Å²) in [6.45, 7) is 2.00. The summed E-state index contributed by atoms with van der Waals surface area (Å²) < 4.78 is 16.2. The number of methoxy groups -OCH3 is 1. The summed E-state index contributed by atoms with van der Waals surface area (Å²) in [5.74, 6) is 0.291. The molecular formula is C20H20BrClN2O5S. The van der Waals surface area contributed by atoms with Crippen LogP contribution in [-0.4, -0.2) is 44.2 Å². The molecule has 0 bridgehead atoms. The van der Waals surface area contributed by atoms with Crippen LogP contribution in [0.5, 0.6) is 11.5 Å². The van der Waals surface area contributed by atoms with Crippen molar-refractivity contribution >= 4 is 57.4 Å². The molecule has 0 aliphatic heterocycles. The van der Waals surface area contributed by atoms with Gasteiger partial charge < -0.3 is 14.2 Å². The number of nitrogens with one attached hydrogen (secondary N) is 1. The summed E-state index contributed by atoms with van der Waals surface area (Å²) in [6.07, 6.45) is 1.49. The second kappa shape index (κ2) is 12.5. The van der Waals surface area contributed by atoms with E-state index in [1.54, 1.807) is 24.3 Å². The largest absolute Gasteiger partial charge is 0.490 e. The zero-order valence-corrected chi connectivity index (χ0v) is 19.5. The Labute approximate surface area is 192 Å². The minimum Gasteiger partial charge on any atom is -0.490 e. The Kier molecular flexibility index (Phi) is 9.99. The summed E-state index contributed by atoms with van der Waals surface area (Å²) >= 11 is 10.6. The molecular weight excluding hydrogens is 496 g/mol. The molecule has 0 heterocycles. The number of amides is 1. The van der Waals surface area contributed by atoms with Gasteiger partial charge in [0, 0.05) is 20.0 Å². The van der Waals surface area contributed by atoms with Gasteiger partial charge in [-0.05, 0) is 59.3 Å². The van der Waals surface area contributed by atoms with Crippen molar-refractivity contribution in [1.29, 1.82) is 0 Å². The van der Waals surface area contributed by atoms with Crippen molar-refractivity contribution in [3.05, 3.63) is 51.5 Å². The summed E-state index contributed by atoms with van der Waals surface area (Å²) in [5, 5.41) is 4.63. The smallest absolute Gasteiger partial charge is 0.343 e. The molecule has 160 valence electrons. The molecule has 2 aromatic rings. The standard InChI is InChI=1S/C20H20BrClN2O5S/c1-3-28-17-8-13(16(21)9-18(17)29-11-20(26)27-2)10-23-24-19(25)12-30-15-6-4-14(22)5-7-15/h4-10H,3,11-12H2,1-2H3,(H,24,25)/b23-10-. The number of hydrogen-bond donors (Lipinski definition) is 1. The van der Waals surface area contributed by atoms with Crippen LogP contribution in [0.4, 0.5) is 0 Å². The zero-order valence-electron chi connectivity index (χ0n) is 16.3. The highest BCUT2D eigenvalue weighted by molar-refractivity contribution is 9.10. The van der Waals surface area contributed by atoms with Crippen molar-refractivity contribution in [3.63, 3.8) is 0 Å². The fraction of sp³-hybridized carbons (Fsp3) is 0.250. The molecule has 1 N–H and O–H groups in total. The molecule has 0 aliphatic rings. The van der Waals surface area contributed by atoms with Crippen LogP contribution in [0.25, 0.3) is 0 Å². The Balaban J connectivity index is 1.97. The number of esters is 1. The minimum absolute atomic E-state index is 0.213. The van der Waals surface area contributed by atoms with E-state index in [9.17, 15) is 9.59 Å².